The zero-order valence-corrected chi connectivity index (χ0v) is 8.73. The Balaban J connectivity index is 2.30. The average molecular weight is 192 g/mol. The van der Waals surface area contributed by atoms with Gasteiger partial charge in [0.15, 0.2) is 0 Å². The van der Waals surface area contributed by atoms with Gasteiger partial charge in [-0.05, 0) is 26.7 Å². The number of nitrogens with zero attached hydrogens (tertiary/aromatic N) is 2. The van der Waals surface area contributed by atoms with Crippen LogP contribution in [-0.4, -0.2) is 9.55 Å². The van der Waals surface area contributed by atoms with Crippen LogP contribution in [0.25, 0.3) is 0 Å². The summed E-state index contributed by atoms with van der Waals surface area (Å²) in [4.78, 5) is 16.0. The Labute approximate surface area is 83.8 Å². The van der Waals surface area contributed by atoms with Crippen molar-refractivity contribution in [3.63, 3.8) is 0 Å². The first-order chi connectivity index (χ1) is 6.68. The molecule has 1 aromatic heterocycles. The number of hydrogen-bond donors (Lipinski definition) is 0. The summed E-state index contributed by atoms with van der Waals surface area (Å²) in [7, 11) is 0. The fourth-order valence-corrected chi connectivity index (χ4v) is 1.74. The SMILES string of the molecule is CC(C)n1cnc(C2CCC2)cc1=O. The quantitative estimate of drug-likeness (QED) is 0.719. The molecule has 14 heavy (non-hydrogen) atoms. The van der Waals surface area contributed by atoms with Crippen LogP contribution < -0.4 is 5.56 Å². The Morgan fingerprint density at radius 3 is 2.64 bits per heavy atom. The molecular formula is C11H16N2O. The van der Waals surface area contributed by atoms with E-state index in [2.05, 4.69) is 4.98 Å². The third kappa shape index (κ3) is 1.59. The second-order valence-electron chi connectivity index (χ2n) is 4.28. The Morgan fingerprint density at radius 2 is 2.21 bits per heavy atom. The highest BCUT2D eigenvalue weighted by Gasteiger charge is 2.21. The summed E-state index contributed by atoms with van der Waals surface area (Å²) in [6, 6.07) is 1.90. The van der Waals surface area contributed by atoms with E-state index in [4.69, 9.17) is 0 Å². The predicted molar refractivity (Wildman–Crippen MR) is 55.5 cm³/mol. The monoisotopic (exact) mass is 192 g/mol. The minimum Gasteiger partial charge on any atom is -0.297 e. The van der Waals surface area contributed by atoms with Gasteiger partial charge in [-0.25, -0.2) is 4.98 Å². The molecular weight excluding hydrogens is 176 g/mol. The molecule has 0 aliphatic heterocycles. The van der Waals surface area contributed by atoms with E-state index in [-0.39, 0.29) is 11.6 Å². The van der Waals surface area contributed by atoms with E-state index in [1.54, 1.807) is 17.0 Å². The lowest BCUT2D eigenvalue weighted by Crippen LogP contribution is -2.24. The van der Waals surface area contributed by atoms with Crippen molar-refractivity contribution in [3.05, 3.63) is 28.4 Å². The molecule has 1 heterocycles. The topological polar surface area (TPSA) is 34.9 Å². The van der Waals surface area contributed by atoms with Crippen molar-refractivity contribution in [1.82, 2.24) is 9.55 Å². The van der Waals surface area contributed by atoms with Crippen molar-refractivity contribution >= 4 is 0 Å². The highest BCUT2D eigenvalue weighted by Crippen LogP contribution is 2.34. The van der Waals surface area contributed by atoms with E-state index >= 15 is 0 Å². The summed E-state index contributed by atoms with van der Waals surface area (Å²) >= 11 is 0. The van der Waals surface area contributed by atoms with E-state index in [1.807, 2.05) is 13.8 Å². The second-order valence-corrected chi connectivity index (χ2v) is 4.28. The molecule has 3 nitrogen and oxygen atoms in total. The molecule has 0 saturated heterocycles. The van der Waals surface area contributed by atoms with Crippen molar-refractivity contribution in [3.8, 4) is 0 Å². The second kappa shape index (κ2) is 3.56. The molecule has 0 aromatic carbocycles. The van der Waals surface area contributed by atoms with Crippen LogP contribution in [0.2, 0.25) is 0 Å². The van der Waals surface area contributed by atoms with Crippen LogP contribution in [0.1, 0.15) is 50.8 Å². The van der Waals surface area contributed by atoms with Crippen LogP contribution in [0.5, 0.6) is 0 Å². The molecule has 0 radical (unpaired) electrons. The third-order valence-corrected chi connectivity index (χ3v) is 2.94. The molecule has 0 unspecified atom stereocenters. The van der Waals surface area contributed by atoms with Crippen molar-refractivity contribution in [2.75, 3.05) is 0 Å². The molecule has 76 valence electrons. The summed E-state index contributed by atoms with van der Waals surface area (Å²) in [6.45, 7) is 3.98. The average Bonchev–Trinajstić information content (AvgIpc) is 2.00. The first-order valence-corrected chi connectivity index (χ1v) is 5.26. The van der Waals surface area contributed by atoms with Gasteiger partial charge in [-0.1, -0.05) is 6.42 Å². The van der Waals surface area contributed by atoms with Crippen molar-refractivity contribution in [2.45, 2.75) is 45.1 Å². The minimum atomic E-state index is 0.0805. The van der Waals surface area contributed by atoms with Crippen LogP contribution in [0.4, 0.5) is 0 Å². The molecule has 0 spiro atoms. The van der Waals surface area contributed by atoms with E-state index < -0.39 is 0 Å². The fraction of sp³-hybridized carbons (Fsp3) is 0.636. The van der Waals surface area contributed by atoms with Gasteiger partial charge in [0, 0.05) is 18.0 Å². The first kappa shape index (κ1) is 9.44. The van der Waals surface area contributed by atoms with E-state index in [9.17, 15) is 4.79 Å². The molecule has 1 aliphatic carbocycles. The van der Waals surface area contributed by atoms with Crippen LogP contribution >= 0.6 is 0 Å². The van der Waals surface area contributed by atoms with Gasteiger partial charge in [0.25, 0.3) is 5.56 Å². The summed E-state index contributed by atoms with van der Waals surface area (Å²) < 4.78 is 1.67. The van der Waals surface area contributed by atoms with Gasteiger partial charge in [-0.2, -0.15) is 0 Å². The molecule has 1 aliphatic rings. The van der Waals surface area contributed by atoms with Gasteiger partial charge < -0.3 is 0 Å². The lowest BCUT2D eigenvalue weighted by molar-refractivity contribution is 0.407. The molecule has 3 heteroatoms. The van der Waals surface area contributed by atoms with Gasteiger partial charge in [0.05, 0.1) is 12.0 Å². The predicted octanol–water partition coefficient (Wildman–Crippen LogP) is 2.09. The number of aromatic nitrogens is 2. The first-order valence-electron chi connectivity index (χ1n) is 5.26. The lowest BCUT2D eigenvalue weighted by atomic mass is 9.83. The minimum absolute atomic E-state index is 0.0805. The Bertz CT molecular complexity index is 377. The van der Waals surface area contributed by atoms with E-state index in [0.29, 0.717) is 5.92 Å². The molecule has 0 bridgehead atoms. The summed E-state index contributed by atoms with van der Waals surface area (Å²) in [5.74, 6) is 0.546. The lowest BCUT2D eigenvalue weighted by Gasteiger charge is -2.24. The molecule has 1 fully saturated rings. The highest BCUT2D eigenvalue weighted by molar-refractivity contribution is 5.09. The summed E-state index contributed by atoms with van der Waals surface area (Å²) in [5.41, 5.74) is 1.06. The molecule has 1 aromatic rings. The molecule has 2 rings (SSSR count). The molecule has 0 amide bonds. The van der Waals surface area contributed by atoms with Gasteiger partial charge in [-0.3, -0.25) is 9.36 Å². The Kier molecular flexibility index (Phi) is 2.40. The van der Waals surface area contributed by atoms with Gasteiger partial charge in [0.1, 0.15) is 0 Å². The number of hydrogen-bond acceptors (Lipinski definition) is 2. The maximum atomic E-state index is 11.6. The largest absolute Gasteiger partial charge is 0.297 e. The Hall–Kier alpha value is -1.12. The number of rotatable bonds is 2. The summed E-state index contributed by atoms with van der Waals surface area (Å²) in [6.07, 6.45) is 5.34. The van der Waals surface area contributed by atoms with Gasteiger partial charge in [0.2, 0.25) is 0 Å². The maximum Gasteiger partial charge on any atom is 0.253 e. The van der Waals surface area contributed by atoms with Crippen LogP contribution in [0.3, 0.4) is 0 Å². The van der Waals surface area contributed by atoms with Crippen LogP contribution in [0, 0.1) is 0 Å². The fourth-order valence-electron chi connectivity index (χ4n) is 1.74. The Morgan fingerprint density at radius 1 is 1.50 bits per heavy atom. The van der Waals surface area contributed by atoms with E-state index in [0.717, 1.165) is 5.69 Å². The maximum absolute atomic E-state index is 11.6. The summed E-state index contributed by atoms with van der Waals surface area (Å²) in [5, 5.41) is 0. The van der Waals surface area contributed by atoms with E-state index in [1.165, 1.54) is 19.3 Å². The van der Waals surface area contributed by atoms with Crippen molar-refractivity contribution in [1.29, 1.82) is 0 Å². The smallest absolute Gasteiger partial charge is 0.253 e. The van der Waals surface area contributed by atoms with Gasteiger partial charge >= 0.3 is 0 Å². The standard InChI is InChI=1S/C11H16N2O/c1-8(2)13-7-12-10(6-11(13)14)9-4-3-5-9/h6-9H,3-5H2,1-2H3. The van der Waals surface area contributed by atoms with Crippen LogP contribution in [0.15, 0.2) is 17.2 Å². The van der Waals surface area contributed by atoms with Crippen LogP contribution in [-0.2, 0) is 0 Å². The molecule has 0 N–H and O–H groups in total. The van der Waals surface area contributed by atoms with Gasteiger partial charge in [-0.15, -0.1) is 0 Å². The van der Waals surface area contributed by atoms with Crippen molar-refractivity contribution < 1.29 is 0 Å². The molecule has 0 atom stereocenters. The van der Waals surface area contributed by atoms with Crippen molar-refractivity contribution in [2.24, 2.45) is 0 Å². The molecule has 1 saturated carbocycles. The normalized spacial score (nSPS) is 17.1. The highest BCUT2D eigenvalue weighted by atomic mass is 16.1. The zero-order valence-electron chi connectivity index (χ0n) is 8.73. The zero-order chi connectivity index (χ0) is 10.1. The third-order valence-electron chi connectivity index (χ3n) is 2.94.